The monoisotopic (exact) mass is 658 g/mol. The number of nitrogens with one attached hydrogen (secondary N) is 1. The van der Waals surface area contributed by atoms with E-state index in [0.717, 1.165) is 55.6 Å². The summed E-state index contributed by atoms with van der Waals surface area (Å²) in [4.78, 5) is 34.9. The fourth-order valence-electron chi connectivity index (χ4n) is 5.11. The summed E-state index contributed by atoms with van der Waals surface area (Å²) >= 11 is 0. The fourth-order valence-corrected chi connectivity index (χ4v) is 5.11. The van der Waals surface area contributed by atoms with Crippen molar-refractivity contribution in [3.63, 3.8) is 0 Å². The van der Waals surface area contributed by atoms with Crippen LogP contribution >= 0.6 is 0 Å². The molecule has 0 amide bonds. The van der Waals surface area contributed by atoms with Gasteiger partial charge in [-0.3, -0.25) is 4.90 Å². The van der Waals surface area contributed by atoms with E-state index in [1.807, 2.05) is 69.8 Å². The van der Waals surface area contributed by atoms with Crippen LogP contribution in [0.1, 0.15) is 71.4 Å². The Hall–Kier alpha value is -4.36. The lowest BCUT2D eigenvalue weighted by Gasteiger charge is -2.32. The van der Waals surface area contributed by atoms with E-state index in [9.17, 15) is 14.7 Å². The van der Waals surface area contributed by atoms with Crippen molar-refractivity contribution in [2.45, 2.75) is 78.3 Å². The Bertz CT molecular complexity index is 1610. The number of rotatable bonds is 8. The van der Waals surface area contributed by atoms with Crippen LogP contribution in [0, 0.1) is 0 Å². The number of hydrogen-bond donors (Lipinski definition) is 2. The zero-order chi connectivity index (χ0) is 34.1. The fraction of sp³-hybridized carbons (Fsp3) is 0.444. The number of carbonyl (C=O) groups excluding carboxylic acids is 2. The average molecular weight is 659 g/mol. The van der Waals surface area contributed by atoms with Gasteiger partial charge in [0.2, 0.25) is 0 Å². The van der Waals surface area contributed by atoms with Crippen molar-refractivity contribution in [2.24, 2.45) is 0 Å². The van der Waals surface area contributed by atoms with E-state index in [1.54, 1.807) is 26.2 Å². The van der Waals surface area contributed by atoms with Crippen LogP contribution in [0.25, 0.3) is 0 Å². The van der Waals surface area contributed by atoms with E-state index in [4.69, 9.17) is 14.2 Å². The number of aliphatic hydroxyl groups is 1. The average Bonchev–Trinajstić information content (AvgIpc) is 3.42. The summed E-state index contributed by atoms with van der Waals surface area (Å²) in [6.07, 6.45) is 3.52. The smallest absolute Gasteiger partial charge is 0.358 e. The van der Waals surface area contributed by atoms with E-state index in [1.165, 1.54) is 0 Å². The van der Waals surface area contributed by atoms with Crippen LogP contribution in [0.15, 0.2) is 73.1 Å². The molecule has 48 heavy (non-hydrogen) atoms. The quantitative estimate of drug-likeness (QED) is 0.212. The Morgan fingerprint density at radius 3 is 1.83 bits per heavy atom. The molecule has 1 saturated heterocycles. The number of esters is 2. The summed E-state index contributed by atoms with van der Waals surface area (Å²) in [5.41, 5.74) is 2.15. The summed E-state index contributed by atoms with van der Waals surface area (Å²) < 4.78 is 19.5. The molecule has 1 fully saturated rings. The number of aromatic nitrogens is 4. The van der Waals surface area contributed by atoms with Crippen molar-refractivity contribution < 1.29 is 28.9 Å². The first kappa shape index (κ1) is 35.0. The summed E-state index contributed by atoms with van der Waals surface area (Å²) in [7, 11) is 0. The Morgan fingerprint density at radius 1 is 0.854 bits per heavy atom. The standard InChI is InChI=1S/C18H23N3O3.C14H15N3O2.C4H8O/c1-18(2,23)13-20-8-9-21-10-15(19-16(21)11-20)17(22)24-12-14-6-4-3-5-7-14;18-14(19-10-11-4-2-1-3-5-11)12-9-17-7-6-15-8-13(17)16-12;1-4(2)3-5-4/h3-7,10,23H,8-9,11-13H2,1-2H3;1-5,9,15H,6-8,10H2;3H2,1-2H3. The number of ether oxygens (including phenoxy) is 3. The molecule has 3 aliphatic rings. The third-order valence-electron chi connectivity index (χ3n) is 7.73. The summed E-state index contributed by atoms with van der Waals surface area (Å²) in [5, 5.41) is 13.2. The molecule has 12 nitrogen and oxygen atoms in total. The number of β-amino-alcohol motifs (C(OH)–C–C–N with tert-alkyl or cyclic N) is 1. The van der Waals surface area contributed by atoms with Gasteiger partial charge in [0.25, 0.3) is 0 Å². The molecule has 256 valence electrons. The second kappa shape index (κ2) is 15.7. The molecule has 0 bridgehead atoms. The third kappa shape index (κ3) is 10.8. The molecular formula is C36H46N6O6. The van der Waals surface area contributed by atoms with Crippen LogP contribution in [0.2, 0.25) is 0 Å². The second-order valence-corrected chi connectivity index (χ2v) is 13.3. The van der Waals surface area contributed by atoms with Gasteiger partial charge in [0.15, 0.2) is 11.4 Å². The minimum Gasteiger partial charge on any atom is -0.456 e. The number of carbonyl (C=O) groups is 2. The molecule has 0 spiro atoms. The summed E-state index contributed by atoms with van der Waals surface area (Å²) in [6.45, 7) is 14.4. The molecule has 2 N–H and O–H groups in total. The largest absolute Gasteiger partial charge is 0.456 e. The van der Waals surface area contributed by atoms with E-state index < -0.39 is 11.6 Å². The normalized spacial score (nSPS) is 16.2. The van der Waals surface area contributed by atoms with E-state index in [0.29, 0.717) is 31.0 Å². The van der Waals surface area contributed by atoms with Crippen LogP contribution in [0.5, 0.6) is 0 Å². The van der Waals surface area contributed by atoms with Crippen LogP contribution in [0.4, 0.5) is 0 Å². The molecule has 4 aromatic rings. The maximum Gasteiger partial charge on any atom is 0.358 e. The molecular weight excluding hydrogens is 612 g/mol. The van der Waals surface area contributed by atoms with E-state index in [-0.39, 0.29) is 24.8 Å². The van der Waals surface area contributed by atoms with Gasteiger partial charge in [0.1, 0.15) is 24.9 Å². The number of benzene rings is 2. The lowest BCUT2D eigenvalue weighted by Crippen LogP contribution is -2.42. The van der Waals surface area contributed by atoms with E-state index in [2.05, 4.69) is 34.0 Å². The van der Waals surface area contributed by atoms with Gasteiger partial charge in [0.05, 0.1) is 30.9 Å². The molecule has 12 heteroatoms. The first-order chi connectivity index (χ1) is 22.9. The predicted octanol–water partition coefficient (Wildman–Crippen LogP) is 3.97. The minimum absolute atomic E-state index is 0.243. The van der Waals surface area contributed by atoms with Crippen LogP contribution in [0.3, 0.4) is 0 Å². The minimum atomic E-state index is -0.744. The molecule has 2 aromatic carbocycles. The topological polar surface area (TPSA) is 136 Å². The van der Waals surface area contributed by atoms with Crippen molar-refractivity contribution in [1.29, 1.82) is 0 Å². The van der Waals surface area contributed by atoms with Gasteiger partial charge in [-0.15, -0.1) is 0 Å². The molecule has 3 aliphatic heterocycles. The number of fused-ring (bicyclic) bond motifs is 2. The zero-order valence-corrected chi connectivity index (χ0v) is 28.2. The molecule has 7 rings (SSSR count). The number of nitrogens with zero attached hydrogens (tertiary/aromatic N) is 5. The summed E-state index contributed by atoms with van der Waals surface area (Å²) in [6, 6.07) is 19.2. The van der Waals surface area contributed by atoms with Crippen LogP contribution in [-0.4, -0.2) is 78.5 Å². The highest BCUT2D eigenvalue weighted by Gasteiger charge is 2.32. The highest BCUT2D eigenvalue weighted by Crippen LogP contribution is 2.23. The van der Waals surface area contributed by atoms with Crippen LogP contribution < -0.4 is 5.32 Å². The molecule has 0 unspecified atom stereocenters. The van der Waals surface area contributed by atoms with Gasteiger partial charge >= 0.3 is 11.9 Å². The Morgan fingerprint density at radius 2 is 1.35 bits per heavy atom. The first-order valence-electron chi connectivity index (χ1n) is 16.3. The van der Waals surface area contributed by atoms with Crippen molar-refractivity contribution >= 4 is 11.9 Å². The van der Waals surface area contributed by atoms with Gasteiger partial charge < -0.3 is 33.8 Å². The zero-order valence-electron chi connectivity index (χ0n) is 28.2. The van der Waals surface area contributed by atoms with Crippen molar-refractivity contribution in [2.75, 3.05) is 26.2 Å². The molecule has 5 heterocycles. The maximum absolute atomic E-state index is 12.2. The molecule has 0 atom stereocenters. The second-order valence-electron chi connectivity index (χ2n) is 13.3. The predicted molar refractivity (Wildman–Crippen MR) is 179 cm³/mol. The number of imidazole rings is 2. The van der Waals surface area contributed by atoms with Gasteiger partial charge in [0, 0.05) is 45.1 Å². The molecule has 2 aromatic heterocycles. The Balaban J connectivity index is 0.000000167. The third-order valence-corrected chi connectivity index (χ3v) is 7.73. The molecule has 0 aliphatic carbocycles. The molecule has 0 radical (unpaired) electrons. The van der Waals surface area contributed by atoms with Crippen molar-refractivity contribution in [3.05, 3.63) is 107 Å². The van der Waals surface area contributed by atoms with Gasteiger partial charge in [-0.05, 0) is 38.8 Å². The SMILES string of the molecule is CC(C)(O)CN1CCn2cc(C(=O)OCc3ccccc3)nc2C1.CC1(C)CO1.O=C(OCc1ccccc1)c1cn2c(n1)CNCC2. The van der Waals surface area contributed by atoms with Gasteiger partial charge in [-0.2, -0.15) is 0 Å². The Kier molecular flexibility index (Phi) is 11.4. The highest BCUT2D eigenvalue weighted by molar-refractivity contribution is 5.87. The highest BCUT2D eigenvalue weighted by atomic mass is 16.6. The van der Waals surface area contributed by atoms with Gasteiger partial charge in [-0.25, -0.2) is 19.6 Å². The van der Waals surface area contributed by atoms with Crippen molar-refractivity contribution in [1.82, 2.24) is 29.3 Å². The lowest BCUT2D eigenvalue weighted by atomic mass is 10.1. The first-order valence-corrected chi connectivity index (χ1v) is 16.3. The number of hydrogen-bond acceptors (Lipinski definition) is 10. The molecule has 0 saturated carbocycles. The Labute approximate surface area is 281 Å². The summed E-state index contributed by atoms with van der Waals surface area (Å²) in [5.74, 6) is 0.940. The van der Waals surface area contributed by atoms with Crippen molar-refractivity contribution in [3.8, 4) is 0 Å². The number of epoxide rings is 1. The maximum atomic E-state index is 12.2. The van der Waals surface area contributed by atoms with Crippen LogP contribution in [-0.2, 0) is 53.6 Å². The van der Waals surface area contributed by atoms with E-state index >= 15 is 0 Å². The van der Waals surface area contributed by atoms with Gasteiger partial charge in [-0.1, -0.05) is 60.7 Å². The lowest BCUT2D eigenvalue weighted by molar-refractivity contribution is 0.0267.